The number of benzene rings is 1. The molecule has 1 unspecified atom stereocenters. The van der Waals surface area contributed by atoms with Crippen molar-refractivity contribution in [1.82, 2.24) is 9.55 Å². The van der Waals surface area contributed by atoms with E-state index in [0.717, 1.165) is 30.1 Å². The molecule has 1 heterocycles. The average Bonchev–Trinajstić information content (AvgIpc) is 2.86. The molecule has 0 aliphatic rings. The van der Waals surface area contributed by atoms with E-state index in [1.807, 2.05) is 25.3 Å². The molecule has 1 aromatic heterocycles. The van der Waals surface area contributed by atoms with Crippen LogP contribution in [-0.2, 0) is 6.54 Å². The fourth-order valence-electron chi connectivity index (χ4n) is 2.27. The quantitative estimate of drug-likeness (QED) is 0.898. The first kappa shape index (κ1) is 13.6. The molecule has 0 amide bonds. The van der Waals surface area contributed by atoms with Crippen LogP contribution in [-0.4, -0.2) is 16.7 Å². The Balaban J connectivity index is 2.40. The number of methoxy groups -OCH3 is 1. The molecule has 102 valence electrons. The van der Waals surface area contributed by atoms with Crippen molar-refractivity contribution in [2.75, 3.05) is 7.11 Å². The molecule has 1 atom stereocenters. The zero-order chi connectivity index (χ0) is 13.8. The van der Waals surface area contributed by atoms with E-state index in [4.69, 9.17) is 10.5 Å². The number of hydrogen-bond donors (Lipinski definition) is 1. The van der Waals surface area contributed by atoms with Crippen LogP contribution in [0, 0.1) is 6.92 Å². The summed E-state index contributed by atoms with van der Waals surface area (Å²) in [6, 6.07) is 5.77. The zero-order valence-corrected chi connectivity index (χ0v) is 11.8. The molecule has 0 saturated carbocycles. The van der Waals surface area contributed by atoms with Gasteiger partial charge in [0, 0.05) is 24.5 Å². The highest BCUT2D eigenvalue weighted by Crippen LogP contribution is 2.28. The maximum atomic E-state index is 6.37. The van der Waals surface area contributed by atoms with Crippen molar-refractivity contribution in [1.29, 1.82) is 0 Å². The number of hydrogen-bond acceptors (Lipinski definition) is 3. The Bertz CT molecular complexity index is 548. The maximum Gasteiger partial charge on any atom is 0.130 e. The Morgan fingerprint density at radius 1 is 1.42 bits per heavy atom. The lowest BCUT2D eigenvalue weighted by atomic mass is 10.0. The minimum absolute atomic E-state index is 0.267. The first-order chi connectivity index (χ1) is 9.17. The molecule has 0 fully saturated rings. The third kappa shape index (κ3) is 2.79. The molecule has 0 spiro atoms. The maximum absolute atomic E-state index is 6.37. The topological polar surface area (TPSA) is 53.1 Å². The van der Waals surface area contributed by atoms with Crippen molar-refractivity contribution >= 4 is 0 Å². The Morgan fingerprint density at radius 3 is 2.89 bits per heavy atom. The molecule has 1 aromatic carbocycles. The number of ether oxygens (including phenoxy) is 1. The second kappa shape index (κ2) is 5.89. The van der Waals surface area contributed by atoms with Crippen molar-refractivity contribution in [3.8, 4) is 5.75 Å². The number of imidazole rings is 1. The van der Waals surface area contributed by atoms with Crippen LogP contribution in [0.5, 0.6) is 5.75 Å². The van der Waals surface area contributed by atoms with Crippen molar-refractivity contribution in [2.24, 2.45) is 5.73 Å². The fraction of sp³-hybridized carbons (Fsp3) is 0.400. The van der Waals surface area contributed by atoms with Gasteiger partial charge < -0.3 is 15.0 Å². The van der Waals surface area contributed by atoms with Gasteiger partial charge in [0.15, 0.2) is 0 Å². The first-order valence-corrected chi connectivity index (χ1v) is 6.58. The lowest BCUT2D eigenvalue weighted by Crippen LogP contribution is -2.18. The third-order valence-electron chi connectivity index (χ3n) is 3.21. The van der Waals surface area contributed by atoms with Crippen molar-refractivity contribution < 1.29 is 4.74 Å². The molecular weight excluding hydrogens is 238 g/mol. The molecule has 0 radical (unpaired) electrons. The molecule has 0 aliphatic heterocycles. The summed E-state index contributed by atoms with van der Waals surface area (Å²) in [4.78, 5) is 4.40. The summed E-state index contributed by atoms with van der Waals surface area (Å²) in [5, 5.41) is 0. The third-order valence-corrected chi connectivity index (χ3v) is 3.21. The number of rotatable bonds is 5. The van der Waals surface area contributed by atoms with Gasteiger partial charge in [-0.1, -0.05) is 24.6 Å². The Morgan fingerprint density at radius 2 is 2.21 bits per heavy atom. The van der Waals surface area contributed by atoms with Gasteiger partial charge in [0.05, 0.1) is 13.2 Å². The van der Waals surface area contributed by atoms with E-state index < -0.39 is 0 Å². The largest absolute Gasteiger partial charge is 0.496 e. The Kier molecular flexibility index (Phi) is 4.22. The minimum atomic E-state index is -0.267. The highest BCUT2D eigenvalue weighted by atomic mass is 16.5. The summed E-state index contributed by atoms with van der Waals surface area (Å²) < 4.78 is 7.51. The van der Waals surface area contributed by atoms with E-state index >= 15 is 0 Å². The van der Waals surface area contributed by atoms with Gasteiger partial charge in [-0.25, -0.2) is 4.98 Å². The van der Waals surface area contributed by atoms with Crippen LogP contribution in [0.3, 0.4) is 0 Å². The Hall–Kier alpha value is -1.81. The van der Waals surface area contributed by atoms with Crippen molar-refractivity contribution in [3.05, 3.63) is 47.5 Å². The van der Waals surface area contributed by atoms with Gasteiger partial charge in [-0.05, 0) is 19.4 Å². The highest BCUT2D eigenvalue weighted by molar-refractivity contribution is 5.41. The number of nitrogens with zero attached hydrogens (tertiary/aromatic N) is 2. The predicted octanol–water partition coefficient (Wildman–Crippen LogP) is 2.66. The van der Waals surface area contributed by atoms with Crippen LogP contribution < -0.4 is 10.5 Å². The van der Waals surface area contributed by atoms with Crippen LogP contribution in [0.15, 0.2) is 30.6 Å². The smallest absolute Gasteiger partial charge is 0.130 e. The molecule has 0 saturated heterocycles. The molecule has 4 heteroatoms. The molecule has 2 rings (SSSR count). The van der Waals surface area contributed by atoms with Gasteiger partial charge in [0.25, 0.3) is 0 Å². The summed E-state index contributed by atoms with van der Waals surface area (Å²) in [6.07, 6.45) is 4.83. The van der Waals surface area contributed by atoms with Gasteiger partial charge in [-0.15, -0.1) is 0 Å². The van der Waals surface area contributed by atoms with Gasteiger partial charge in [0.1, 0.15) is 11.6 Å². The molecule has 19 heavy (non-hydrogen) atoms. The fourth-order valence-corrected chi connectivity index (χ4v) is 2.27. The second-order valence-corrected chi connectivity index (χ2v) is 4.70. The summed E-state index contributed by atoms with van der Waals surface area (Å²) in [5.74, 6) is 1.69. The van der Waals surface area contributed by atoms with Crippen molar-refractivity contribution in [2.45, 2.75) is 32.9 Å². The lowest BCUT2D eigenvalue weighted by Gasteiger charge is -2.17. The van der Waals surface area contributed by atoms with Crippen LogP contribution >= 0.6 is 0 Å². The van der Waals surface area contributed by atoms with Crippen LogP contribution in [0.1, 0.15) is 36.3 Å². The predicted molar refractivity (Wildman–Crippen MR) is 76.3 cm³/mol. The summed E-state index contributed by atoms with van der Waals surface area (Å²) in [6.45, 7) is 5.12. The number of nitrogens with two attached hydrogens (primary N) is 1. The highest BCUT2D eigenvalue weighted by Gasteiger charge is 2.18. The van der Waals surface area contributed by atoms with Gasteiger partial charge >= 0.3 is 0 Å². The average molecular weight is 259 g/mol. The van der Waals surface area contributed by atoms with E-state index in [2.05, 4.69) is 22.5 Å². The van der Waals surface area contributed by atoms with E-state index in [1.54, 1.807) is 13.3 Å². The van der Waals surface area contributed by atoms with Crippen LogP contribution in [0.25, 0.3) is 0 Å². The van der Waals surface area contributed by atoms with E-state index in [-0.39, 0.29) is 6.04 Å². The van der Waals surface area contributed by atoms with E-state index in [9.17, 15) is 0 Å². The number of aromatic nitrogens is 2. The van der Waals surface area contributed by atoms with Crippen molar-refractivity contribution in [3.63, 3.8) is 0 Å². The van der Waals surface area contributed by atoms with E-state index in [0.29, 0.717) is 0 Å². The summed E-state index contributed by atoms with van der Waals surface area (Å²) >= 11 is 0. The van der Waals surface area contributed by atoms with E-state index in [1.165, 1.54) is 5.56 Å². The molecule has 2 aromatic rings. The Labute approximate surface area is 114 Å². The zero-order valence-electron chi connectivity index (χ0n) is 11.8. The van der Waals surface area contributed by atoms with Crippen LogP contribution in [0.2, 0.25) is 0 Å². The second-order valence-electron chi connectivity index (χ2n) is 4.70. The lowest BCUT2D eigenvalue weighted by molar-refractivity contribution is 0.406. The molecule has 2 N–H and O–H groups in total. The molecule has 0 aliphatic carbocycles. The van der Waals surface area contributed by atoms with Gasteiger partial charge in [-0.2, -0.15) is 0 Å². The molecular formula is C15H21N3O. The van der Waals surface area contributed by atoms with Gasteiger partial charge in [0.2, 0.25) is 0 Å². The SMILES string of the molecule is CCCn1ccnc1C(N)c1cc(C)ccc1OC. The van der Waals surface area contributed by atoms with Gasteiger partial charge in [-0.3, -0.25) is 0 Å². The number of aryl methyl sites for hydroxylation is 2. The summed E-state index contributed by atoms with van der Waals surface area (Å²) in [7, 11) is 1.67. The first-order valence-electron chi connectivity index (χ1n) is 6.58. The monoisotopic (exact) mass is 259 g/mol. The molecule has 4 nitrogen and oxygen atoms in total. The normalized spacial score (nSPS) is 12.4. The standard InChI is InChI=1S/C15H21N3O/c1-4-8-18-9-7-17-15(18)14(16)12-10-11(2)5-6-13(12)19-3/h5-7,9-10,14H,4,8,16H2,1-3H3. The molecule has 0 bridgehead atoms. The summed E-state index contributed by atoms with van der Waals surface area (Å²) in [5.41, 5.74) is 8.52. The van der Waals surface area contributed by atoms with Crippen LogP contribution in [0.4, 0.5) is 0 Å². The minimum Gasteiger partial charge on any atom is -0.496 e.